The molecule has 1 aliphatic rings. The molecule has 0 spiro atoms. The van der Waals surface area contributed by atoms with Crippen LogP contribution in [0.25, 0.3) is 0 Å². The van der Waals surface area contributed by atoms with Gasteiger partial charge in [-0.2, -0.15) is 0 Å². The third kappa shape index (κ3) is 3.57. The zero-order valence-corrected chi connectivity index (χ0v) is 15.0. The molecule has 0 radical (unpaired) electrons. The second kappa shape index (κ2) is 6.70. The van der Waals surface area contributed by atoms with Gasteiger partial charge >= 0.3 is 0 Å². The molecule has 1 N–H and O–H groups in total. The monoisotopic (exact) mass is 341 g/mol. The fraction of sp³-hybridized carbons (Fsp3) is 0.421. The van der Waals surface area contributed by atoms with Crippen LogP contribution in [0.4, 0.5) is 0 Å². The number of aromatic nitrogens is 2. The summed E-state index contributed by atoms with van der Waals surface area (Å²) < 4.78 is 5.60. The lowest BCUT2D eigenvalue weighted by atomic mass is 10.00. The summed E-state index contributed by atoms with van der Waals surface area (Å²) in [5, 5.41) is 0. The van der Waals surface area contributed by atoms with Crippen LogP contribution >= 0.6 is 0 Å². The predicted octanol–water partition coefficient (Wildman–Crippen LogP) is 2.37. The number of aromatic amines is 1. The molecule has 0 aliphatic carbocycles. The standard InChI is InChI=1S/C19H23N3O3/c1-11(2)25-17-8-15-14(9-20-17)5-6-22(19(15)24)10-16-12(3)7-13(4)21-18(16)23/h7-9,11H,5-6,10H2,1-4H3,(H,21,23). The first kappa shape index (κ1) is 17.2. The zero-order chi connectivity index (χ0) is 18.1. The Kier molecular flexibility index (Phi) is 4.61. The smallest absolute Gasteiger partial charge is 0.254 e. The van der Waals surface area contributed by atoms with Gasteiger partial charge in [0.25, 0.3) is 11.5 Å². The number of rotatable bonds is 4. The van der Waals surface area contributed by atoms with Crippen molar-refractivity contribution in [3.8, 4) is 5.88 Å². The van der Waals surface area contributed by atoms with Gasteiger partial charge in [0.2, 0.25) is 5.88 Å². The minimum absolute atomic E-state index is 0.00545. The Balaban J connectivity index is 1.88. The Morgan fingerprint density at radius 1 is 1.28 bits per heavy atom. The summed E-state index contributed by atoms with van der Waals surface area (Å²) in [4.78, 5) is 33.9. The first-order valence-electron chi connectivity index (χ1n) is 8.49. The highest BCUT2D eigenvalue weighted by molar-refractivity contribution is 5.96. The summed E-state index contributed by atoms with van der Waals surface area (Å²) in [6, 6.07) is 3.63. The number of aryl methyl sites for hydroxylation is 2. The molecule has 6 heteroatoms. The molecule has 0 unspecified atom stereocenters. The van der Waals surface area contributed by atoms with Crippen LogP contribution in [0.1, 0.15) is 46.6 Å². The zero-order valence-electron chi connectivity index (χ0n) is 15.0. The second-order valence-electron chi connectivity index (χ2n) is 6.77. The van der Waals surface area contributed by atoms with Crippen molar-refractivity contribution in [1.82, 2.24) is 14.9 Å². The van der Waals surface area contributed by atoms with E-state index in [0.29, 0.717) is 30.1 Å². The Hall–Kier alpha value is -2.63. The summed E-state index contributed by atoms with van der Waals surface area (Å²) >= 11 is 0. The number of H-pyrrole nitrogens is 1. The van der Waals surface area contributed by atoms with Crippen LogP contribution in [0, 0.1) is 13.8 Å². The van der Waals surface area contributed by atoms with E-state index in [2.05, 4.69) is 9.97 Å². The van der Waals surface area contributed by atoms with Gasteiger partial charge in [-0.15, -0.1) is 0 Å². The van der Waals surface area contributed by atoms with E-state index >= 15 is 0 Å². The maximum Gasteiger partial charge on any atom is 0.254 e. The van der Waals surface area contributed by atoms with Crippen LogP contribution in [0.5, 0.6) is 5.88 Å². The minimum atomic E-state index is -0.130. The molecule has 3 heterocycles. The number of ether oxygens (including phenoxy) is 1. The number of pyridine rings is 2. The first-order valence-corrected chi connectivity index (χ1v) is 8.49. The Labute approximate surface area is 146 Å². The average molecular weight is 341 g/mol. The van der Waals surface area contributed by atoms with Gasteiger partial charge in [0.1, 0.15) is 0 Å². The van der Waals surface area contributed by atoms with Gasteiger partial charge in [0.05, 0.1) is 12.6 Å². The van der Waals surface area contributed by atoms with Crippen molar-refractivity contribution in [3.05, 3.63) is 56.6 Å². The summed E-state index contributed by atoms with van der Waals surface area (Å²) in [5.41, 5.74) is 3.76. The normalized spacial score (nSPS) is 14.0. The fourth-order valence-electron chi connectivity index (χ4n) is 3.12. The highest BCUT2D eigenvalue weighted by Gasteiger charge is 2.26. The summed E-state index contributed by atoms with van der Waals surface area (Å²) in [6.45, 7) is 8.47. The van der Waals surface area contributed by atoms with E-state index in [1.165, 1.54) is 0 Å². The topological polar surface area (TPSA) is 75.3 Å². The molecule has 2 aromatic rings. The van der Waals surface area contributed by atoms with E-state index in [1.807, 2.05) is 33.8 Å². The molecule has 1 amide bonds. The van der Waals surface area contributed by atoms with Gasteiger partial charge in [0, 0.05) is 35.6 Å². The third-order valence-electron chi connectivity index (χ3n) is 4.33. The molecule has 0 fully saturated rings. The van der Waals surface area contributed by atoms with Crippen molar-refractivity contribution in [2.45, 2.75) is 46.8 Å². The van der Waals surface area contributed by atoms with Crippen molar-refractivity contribution in [2.75, 3.05) is 6.54 Å². The van der Waals surface area contributed by atoms with Crippen LogP contribution in [0.3, 0.4) is 0 Å². The van der Waals surface area contributed by atoms with Gasteiger partial charge in [-0.3, -0.25) is 9.59 Å². The minimum Gasteiger partial charge on any atom is -0.475 e. The van der Waals surface area contributed by atoms with Crippen LogP contribution < -0.4 is 10.3 Å². The number of nitrogens with zero attached hydrogens (tertiary/aromatic N) is 2. The number of hydrogen-bond acceptors (Lipinski definition) is 4. The quantitative estimate of drug-likeness (QED) is 0.926. The molecule has 0 saturated heterocycles. The Bertz CT molecular complexity index is 871. The molecule has 132 valence electrons. The Morgan fingerprint density at radius 2 is 2.04 bits per heavy atom. The lowest BCUT2D eigenvalue weighted by molar-refractivity contribution is 0.0724. The van der Waals surface area contributed by atoms with Crippen molar-refractivity contribution in [3.63, 3.8) is 0 Å². The first-order chi connectivity index (χ1) is 11.8. The van der Waals surface area contributed by atoms with Gasteiger partial charge in [-0.25, -0.2) is 4.98 Å². The van der Waals surface area contributed by atoms with E-state index in [1.54, 1.807) is 17.2 Å². The highest BCUT2D eigenvalue weighted by Crippen LogP contribution is 2.23. The maximum atomic E-state index is 12.9. The van der Waals surface area contributed by atoms with E-state index in [9.17, 15) is 9.59 Å². The third-order valence-corrected chi connectivity index (χ3v) is 4.33. The summed E-state index contributed by atoms with van der Waals surface area (Å²) in [5.74, 6) is 0.366. The van der Waals surface area contributed by atoms with Crippen LogP contribution in [0.2, 0.25) is 0 Å². The molecule has 0 aromatic carbocycles. The van der Waals surface area contributed by atoms with Gasteiger partial charge in [-0.05, 0) is 51.3 Å². The Morgan fingerprint density at radius 3 is 2.72 bits per heavy atom. The van der Waals surface area contributed by atoms with E-state index in [0.717, 1.165) is 23.2 Å². The highest BCUT2D eigenvalue weighted by atomic mass is 16.5. The largest absolute Gasteiger partial charge is 0.475 e. The number of carbonyl (C=O) groups excluding carboxylic acids is 1. The number of carbonyl (C=O) groups is 1. The lowest BCUT2D eigenvalue weighted by Gasteiger charge is -2.29. The van der Waals surface area contributed by atoms with Crippen molar-refractivity contribution < 1.29 is 9.53 Å². The van der Waals surface area contributed by atoms with Crippen LogP contribution in [0.15, 0.2) is 23.1 Å². The molecular weight excluding hydrogens is 318 g/mol. The number of nitrogens with one attached hydrogen (secondary N) is 1. The van der Waals surface area contributed by atoms with E-state index < -0.39 is 0 Å². The molecule has 25 heavy (non-hydrogen) atoms. The fourth-order valence-corrected chi connectivity index (χ4v) is 3.12. The van der Waals surface area contributed by atoms with E-state index in [4.69, 9.17) is 4.74 Å². The number of hydrogen-bond donors (Lipinski definition) is 1. The second-order valence-corrected chi connectivity index (χ2v) is 6.77. The van der Waals surface area contributed by atoms with Gasteiger partial charge < -0.3 is 14.6 Å². The molecule has 1 aliphatic heterocycles. The summed E-state index contributed by atoms with van der Waals surface area (Å²) in [6.07, 6.45) is 2.43. The lowest BCUT2D eigenvalue weighted by Crippen LogP contribution is -2.39. The molecule has 2 aromatic heterocycles. The molecule has 6 nitrogen and oxygen atoms in total. The van der Waals surface area contributed by atoms with Crippen molar-refractivity contribution in [2.24, 2.45) is 0 Å². The van der Waals surface area contributed by atoms with Gasteiger partial charge in [-0.1, -0.05) is 0 Å². The van der Waals surface area contributed by atoms with E-state index in [-0.39, 0.29) is 17.6 Å². The molecule has 0 bridgehead atoms. The number of fused-ring (bicyclic) bond motifs is 1. The average Bonchev–Trinajstić information content (AvgIpc) is 2.52. The maximum absolute atomic E-state index is 12.9. The van der Waals surface area contributed by atoms with Crippen molar-refractivity contribution in [1.29, 1.82) is 0 Å². The summed E-state index contributed by atoms with van der Waals surface area (Å²) in [7, 11) is 0. The molecular formula is C19H23N3O3. The SMILES string of the molecule is Cc1cc(C)c(CN2CCc3cnc(OC(C)C)cc3C2=O)c(=O)[nH]1. The predicted molar refractivity (Wildman–Crippen MR) is 95.0 cm³/mol. The van der Waals surface area contributed by atoms with Crippen LogP contribution in [-0.4, -0.2) is 33.4 Å². The molecule has 0 atom stereocenters. The van der Waals surface area contributed by atoms with Gasteiger partial charge in [0.15, 0.2) is 0 Å². The van der Waals surface area contributed by atoms with Crippen LogP contribution in [-0.2, 0) is 13.0 Å². The molecule has 0 saturated carbocycles. The molecule has 3 rings (SSSR count). The number of amides is 1. The van der Waals surface area contributed by atoms with Crippen molar-refractivity contribution >= 4 is 5.91 Å².